The third-order valence-corrected chi connectivity index (χ3v) is 2.27. The van der Waals surface area contributed by atoms with E-state index < -0.39 is 23.7 Å². The first-order valence-electron chi connectivity index (χ1n) is 4.85. The quantitative estimate of drug-likeness (QED) is 0.848. The third kappa shape index (κ3) is 3.10. The predicted octanol–water partition coefficient (Wildman–Crippen LogP) is 2.31. The largest absolute Gasteiger partial charge is 0.461 e. The molecule has 1 aromatic heterocycles. The van der Waals surface area contributed by atoms with Crippen LogP contribution in [0.1, 0.15) is 35.1 Å². The SMILES string of the molecule is CCOC(=O)c1nc(CN)cc(Cl)c1C(F)F. The van der Waals surface area contributed by atoms with Gasteiger partial charge in [0, 0.05) is 6.54 Å². The molecule has 94 valence electrons. The van der Waals surface area contributed by atoms with Crippen LogP contribution in [0.3, 0.4) is 0 Å². The number of carbonyl (C=O) groups excluding carboxylic acids is 1. The van der Waals surface area contributed by atoms with Crippen LogP contribution in [-0.2, 0) is 11.3 Å². The molecule has 0 aliphatic rings. The van der Waals surface area contributed by atoms with Gasteiger partial charge in [-0.15, -0.1) is 0 Å². The van der Waals surface area contributed by atoms with Crippen LogP contribution >= 0.6 is 11.6 Å². The van der Waals surface area contributed by atoms with Gasteiger partial charge in [0.05, 0.1) is 22.9 Å². The Kier molecular flexibility index (Phi) is 4.77. The Bertz CT molecular complexity index is 427. The molecule has 0 aliphatic heterocycles. The summed E-state index contributed by atoms with van der Waals surface area (Å²) < 4.78 is 30.2. The molecule has 0 atom stereocenters. The van der Waals surface area contributed by atoms with Crippen molar-refractivity contribution in [1.29, 1.82) is 0 Å². The summed E-state index contributed by atoms with van der Waals surface area (Å²) in [6, 6.07) is 1.21. The molecule has 1 rings (SSSR count). The standard InChI is InChI=1S/C10H11ClF2N2O2/c1-2-17-10(16)8-7(9(12)13)6(11)3-5(4-14)15-8/h3,9H,2,4,14H2,1H3. The summed E-state index contributed by atoms with van der Waals surface area (Å²) in [5, 5.41) is -0.237. The van der Waals surface area contributed by atoms with Gasteiger partial charge >= 0.3 is 5.97 Å². The summed E-state index contributed by atoms with van der Waals surface area (Å²) in [7, 11) is 0. The van der Waals surface area contributed by atoms with E-state index in [1.54, 1.807) is 6.92 Å². The summed E-state index contributed by atoms with van der Waals surface area (Å²) in [4.78, 5) is 15.2. The van der Waals surface area contributed by atoms with Gasteiger partial charge in [0.2, 0.25) is 0 Å². The minimum absolute atomic E-state index is 0.00432. The number of esters is 1. The molecular weight excluding hydrogens is 254 g/mol. The van der Waals surface area contributed by atoms with Crippen LogP contribution in [0.2, 0.25) is 5.02 Å². The number of hydrogen-bond donors (Lipinski definition) is 1. The van der Waals surface area contributed by atoms with Crippen molar-refractivity contribution in [2.24, 2.45) is 5.73 Å². The highest BCUT2D eigenvalue weighted by molar-refractivity contribution is 6.31. The van der Waals surface area contributed by atoms with Crippen molar-refractivity contribution >= 4 is 17.6 Å². The maximum absolute atomic E-state index is 12.8. The van der Waals surface area contributed by atoms with Crippen molar-refractivity contribution in [3.63, 3.8) is 0 Å². The predicted molar refractivity (Wildman–Crippen MR) is 58.1 cm³/mol. The average Bonchev–Trinajstić information content (AvgIpc) is 2.27. The number of nitrogens with zero attached hydrogens (tertiary/aromatic N) is 1. The second kappa shape index (κ2) is 5.88. The van der Waals surface area contributed by atoms with Crippen molar-refractivity contribution in [2.75, 3.05) is 6.61 Å². The lowest BCUT2D eigenvalue weighted by molar-refractivity contribution is 0.0507. The zero-order valence-electron chi connectivity index (χ0n) is 9.04. The van der Waals surface area contributed by atoms with Crippen LogP contribution in [0.5, 0.6) is 0 Å². The molecule has 17 heavy (non-hydrogen) atoms. The molecule has 7 heteroatoms. The van der Waals surface area contributed by atoms with Gasteiger partial charge in [-0.05, 0) is 13.0 Å². The van der Waals surface area contributed by atoms with Gasteiger partial charge in [-0.3, -0.25) is 0 Å². The zero-order valence-corrected chi connectivity index (χ0v) is 9.80. The molecule has 1 aromatic rings. The third-order valence-electron chi connectivity index (χ3n) is 1.96. The summed E-state index contributed by atoms with van der Waals surface area (Å²) in [5.41, 5.74) is 4.48. The Morgan fingerprint density at radius 2 is 2.29 bits per heavy atom. The fraction of sp³-hybridized carbons (Fsp3) is 0.400. The van der Waals surface area contributed by atoms with Crippen LogP contribution in [0, 0.1) is 0 Å². The molecule has 1 heterocycles. The summed E-state index contributed by atoms with van der Waals surface area (Å²) >= 11 is 5.67. The second-order valence-corrected chi connectivity index (χ2v) is 3.49. The fourth-order valence-corrected chi connectivity index (χ4v) is 1.54. The minimum atomic E-state index is -2.90. The van der Waals surface area contributed by atoms with Gasteiger partial charge < -0.3 is 10.5 Å². The number of rotatable bonds is 4. The van der Waals surface area contributed by atoms with E-state index in [2.05, 4.69) is 9.72 Å². The highest BCUT2D eigenvalue weighted by atomic mass is 35.5. The van der Waals surface area contributed by atoms with E-state index in [0.717, 1.165) is 0 Å². The molecule has 0 saturated heterocycles. The first-order chi connectivity index (χ1) is 8.01. The van der Waals surface area contributed by atoms with E-state index >= 15 is 0 Å². The average molecular weight is 265 g/mol. The Labute approximate surface area is 102 Å². The van der Waals surface area contributed by atoms with E-state index in [-0.39, 0.29) is 23.9 Å². The molecule has 0 fully saturated rings. The van der Waals surface area contributed by atoms with Crippen LogP contribution in [0.15, 0.2) is 6.07 Å². The molecule has 0 bridgehead atoms. The number of aromatic nitrogens is 1. The van der Waals surface area contributed by atoms with Gasteiger partial charge in [0.15, 0.2) is 5.69 Å². The van der Waals surface area contributed by atoms with Gasteiger partial charge in [0.25, 0.3) is 6.43 Å². The van der Waals surface area contributed by atoms with Crippen molar-refractivity contribution < 1.29 is 18.3 Å². The lowest BCUT2D eigenvalue weighted by Crippen LogP contribution is -2.14. The molecule has 0 radical (unpaired) electrons. The van der Waals surface area contributed by atoms with Crippen LogP contribution in [-0.4, -0.2) is 17.6 Å². The Hall–Kier alpha value is -1.27. The minimum Gasteiger partial charge on any atom is -0.461 e. The molecular formula is C10H11ClF2N2O2. The summed E-state index contributed by atoms with van der Waals surface area (Å²) in [5.74, 6) is -0.931. The Morgan fingerprint density at radius 1 is 1.65 bits per heavy atom. The summed E-state index contributed by atoms with van der Waals surface area (Å²) in [6.07, 6.45) is -2.90. The normalized spacial score (nSPS) is 10.7. The maximum Gasteiger partial charge on any atom is 0.357 e. The summed E-state index contributed by atoms with van der Waals surface area (Å²) in [6.45, 7) is 1.62. The molecule has 0 aromatic carbocycles. The van der Waals surface area contributed by atoms with E-state index in [0.29, 0.717) is 0 Å². The number of ether oxygens (including phenoxy) is 1. The lowest BCUT2D eigenvalue weighted by atomic mass is 10.1. The molecule has 4 nitrogen and oxygen atoms in total. The number of pyridine rings is 1. The molecule has 0 spiro atoms. The smallest absolute Gasteiger partial charge is 0.357 e. The molecule has 0 aliphatic carbocycles. The molecule has 0 amide bonds. The first kappa shape index (κ1) is 13.8. The zero-order chi connectivity index (χ0) is 13.0. The van der Waals surface area contributed by atoms with Crippen LogP contribution in [0.4, 0.5) is 8.78 Å². The highest BCUT2D eigenvalue weighted by Crippen LogP contribution is 2.30. The first-order valence-corrected chi connectivity index (χ1v) is 5.23. The molecule has 2 N–H and O–H groups in total. The van der Waals surface area contributed by atoms with Gasteiger partial charge in [-0.25, -0.2) is 18.6 Å². The second-order valence-electron chi connectivity index (χ2n) is 3.08. The Balaban J connectivity index is 3.32. The number of carbonyl (C=O) groups is 1. The fourth-order valence-electron chi connectivity index (χ4n) is 1.24. The van der Waals surface area contributed by atoms with Crippen molar-refractivity contribution in [3.05, 3.63) is 28.0 Å². The highest BCUT2D eigenvalue weighted by Gasteiger charge is 2.25. The number of hydrogen-bond acceptors (Lipinski definition) is 4. The van der Waals surface area contributed by atoms with Crippen LogP contribution < -0.4 is 5.73 Å². The van der Waals surface area contributed by atoms with E-state index in [9.17, 15) is 13.6 Å². The monoisotopic (exact) mass is 264 g/mol. The van der Waals surface area contributed by atoms with Crippen molar-refractivity contribution in [1.82, 2.24) is 4.98 Å². The van der Waals surface area contributed by atoms with E-state index in [1.807, 2.05) is 0 Å². The van der Waals surface area contributed by atoms with E-state index in [4.69, 9.17) is 17.3 Å². The number of halogens is 3. The van der Waals surface area contributed by atoms with Gasteiger partial charge in [-0.1, -0.05) is 11.6 Å². The lowest BCUT2D eigenvalue weighted by Gasteiger charge is -2.10. The van der Waals surface area contributed by atoms with Crippen molar-refractivity contribution in [3.8, 4) is 0 Å². The van der Waals surface area contributed by atoms with E-state index in [1.165, 1.54) is 6.07 Å². The Morgan fingerprint density at radius 3 is 2.76 bits per heavy atom. The van der Waals surface area contributed by atoms with Crippen molar-refractivity contribution in [2.45, 2.75) is 19.9 Å². The van der Waals surface area contributed by atoms with Gasteiger partial charge in [0.1, 0.15) is 0 Å². The topological polar surface area (TPSA) is 65.2 Å². The molecule has 0 unspecified atom stereocenters. The van der Waals surface area contributed by atoms with Crippen LogP contribution in [0.25, 0.3) is 0 Å². The maximum atomic E-state index is 12.8. The molecule has 0 saturated carbocycles. The number of nitrogens with two attached hydrogens (primary N) is 1. The number of alkyl halides is 2. The van der Waals surface area contributed by atoms with Gasteiger partial charge in [-0.2, -0.15) is 0 Å².